The van der Waals surface area contributed by atoms with Crippen LogP contribution in [-0.2, 0) is 26.1 Å². The second-order valence-electron chi connectivity index (χ2n) is 5.81. The Bertz CT molecular complexity index is 924. The molecule has 0 unspecified atom stereocenters. The van der Waals surface area contributed by atoms with E-state index in [0.29, 0.717) is 22.2 Å². The van der Waals surface area contributed by atoms with Crippen LogP contribution >= 0.6 is 39.1 Å². The van der Waals surface area contributed by atoms with Crippen molar-refractivity contribution < 1.29 is 17.9 Å². The van der Waals surface area contributed by atoms with Crippen LogP contribution in [0.1, 0.15) is 5.56 Å². The molecule has 2 rings (SSSR count). The lowest BCUT2D eigenvalue weighted by molar-refractivity contribution is -0.121. The Morgan fingerprint density at radius 2 is 1.86 bits per heavy atom. The van der Waals surface area contributed by atoms with Crippen molar-refractivity contribution in [2.75, 3.05) is 26.8 Å². The summed E-state index contributed by atoms with van der Waals surface area (Å²) in [5.74, 6) is -0.442. The highest BCUT2D eigenvalue weighted by molar-refractivity contribution is 9.10. The molecule has 0 spiro atoms. The van der Waals surface area contributed by atoms with Gasteiger partial charge < -0.3 is 10.1 Å². The molecule has 0 aliphatic carbocycles. The first-order valence-electron chi connectivity index (χ1n) is 8.19. The highest BCUT2D eigenvalue weighted by Crippen LogP contribution is 2.25. The van der Waals surface area contributed by atoms with E-state index in [1.807, 2.05) is 0 Å². The molecule has 10 heteroatoms. The van der Waals surface area contributed by atoms with Gasteiger partial charge in [0.25, 0.3) is 0 Å². The lowest BCUT2D eigenvalue weighted by Gasteiger charge is -2.22. The number of amides is 1. The smallest absolute Gasteiger partial charge is 0.243 e. The van der Waals surface area contributed by atoms with Gasteiger partial charge in [0, 0.05) is 34.7 Å². The van der Waals surface area contributed by atoms with E-state index in [4.69, 9.17) is 27.9 Å². The van der Waals surface area contributed by atoms with E-state index in [2.05, 4.69) is 21.2 Å². The number of methoxy groups -OCH3 is 1. The van der Waals surface area contributed by atoms with E-state index in [-0.39, 0.29) is 24.5 Å². The maximum Gasteiger partial charge on any atom is 0.243 e. The number of nitrogens with one attached hydrogen (secondary N) is 1. The molecule has 0 fully saturated rings. The molecule has 152 valence electrons. The lowest BCUT2D eigenvalue weighted by atomic mass is 10.2. The molecule has 0 bridgehead atoms. The number of nitrogens with zero attached hydrogens (tertiary/aromatic N) is 1. The fourth-order valence-electron chi connectivity index (χ4n) is 2.33. The average Bonchev–Trinajstić information content (AvgIpc) is 2.63. The zero-order chi connectivity index (χ0) is 20.7. The summed E-state index contributed by atoms with van der Waals surface area (Å²) >= 11 is 15.4. The number of carbonyl (C=O) groups is 1. The quantitative estimate of drug-likeness (QED) is 0.523. The van der Waals surface area contributed by atoms with Gasteiger partial charge in [-0.15, -0.1) is 0 Å². The number of ether oxygens (including phenoxy) is 1. The molecule has 0 saturated carbocycles. The maximum absolute atomic E-state index is 13.1. The number of rotatable bonds is 9. The molecule has 0 atom stereocenters. The maximum atomic E-state index is 13.1. The zero-order valence-corrected chi connectivity index (χ0v) is 18.9. The fourth-order valence-corrected chi connectivity index (χ4v) is 4.44. The van der Waals surface area contributed by atoms with Crippen LogP contribution in [-0.4, -0.2) is 45.4 Å². The van der Waals surface area contributed by atoms with Gasteiger partial charge in [-0.05, 0) is 42.0 Å². The average molecular weight is 510 g/mol. The molecule has 2 aromatic carbocycles. The van der Waals surface area contributed by atoms with Gasteiger partial charge in [0.15, 0.2) is 0 Å². The minimum atomic E-state index is -3.94. The van der Waals surface area contributed by atoms with Crippen molar-refractivity contribution in [3.63, 3.8) is 0 Å². The normalized spacial score (nSPS) is 11.6. The van der Waals surface area contributed by atoms with Gasteiger partial charge in [0.2, 0.25) is 15.9 Å². The van der Waals surface area contributed by atoms with Gasteiger partial charge in [0.1, 0.15) is 0 Å². The Morgan fingerprint density at radius 3 is 2.46 bits per heavy atom. The summed E-state index contributed by atoms with van der Waals surface area (Å²) in [5, 5.41) is 3.39. The van der Waals surface area contributed by atoms with Gasteiger partial charge in [-0.25, -0.2) is 8.42 Å². The van der Waals surface area contributed by atoms with Crippen molar-refractivity contribution in [3.8, 4) is 0 Å². The van der Waals surface area contributed by atoms with Crippen LogP contribution in [0.3, 0.4) is 0 Å². The van der Waals surface area contributed by atoms with Crippen molar-refractivity contribution in [1.29, 1.82) is 0 Å². The summed E-state index contributed by atoms with van der Waals surface area (Å²) in [4.78, 5) is 12.3. The number of halogens is 3. The van der Waals surface area contributed by atoms with Gasteiger partial charge in [-0.1, -0.05) is 45.2 Å². The van der Waals surface area contributed by atoms with Crippen molar-refractivity contribution in [3.05, 3.63) is 62.5 Å². The second kappa shape index (κ2) is 10.6. The Hall–Kier alpha value is -1.16. The summed E-state index contributed by atoms with van der Waals surface area (Å²) < 4.78 is 33.0. The van der Waals surface area contributed by atoms with Gasteiger partial charge in [-0.3, -0.25) is 4.79 Å². The Labute approximate surface area is 182 Å². The molecule has 0 aromatic heterocycles. The molecular formula is C18H19BrCl2N2O4S. The Balaban J connectivity index is 2.31. The summed E-state index contributed by atoms with van der Waals surface area (Å²) in [6, 6.07) is 11.0. The molecule has 0 aliphatic heterocycles. The fraction of sp³-hybridized carbons (Fsp3) is 0.278. The topological polar surface area (TPSA) is 75.7 Å². The predicted molar refractivity (Wildman–Crippen MR) is 113 cm³/mol. The van der Waals surface area contributed by atoms with Crippen molar-refractivity contribution in [2.45, 2.75) is 11.4 Å². The highest BCUT2D eigenvalue weighted by atomic mass is 79.9. The standard InChI is InChI=1S/C18H19BrCl2N2O4S/c1-27-9-8-22-18(24)12-23(11-13-2-5-15(20)10-17(13)21)28(25,26)16-6-3-14(19)4-7-16/h2-7,10H,8-9,11-12H2,1H3,(H,22,24). The molecule has 6 nitrogen and oxygen atoms in total. The highest BCUT2D eigenvalue weighted by Gasteiger charge is 2.27. The number of hydrogen-bond donors (Lipinski definition) is 1. The number of carbonyl (C=O) groups excluding carboxylic acids is 1. The van der Waals surface area contributed by atoms with Crippen molar-refractivity contribution in [2.24, 2.45) is 0 Å². The Morgan fingerprint density at radius 1 is 1.18 bits per heavy atom. The SMILES string of the molecule is COCCNC(=O)CN(Cc1ccc(Cl)cc1Cl)S(=O)(=O)c1ccc(Br)cc1. The molecule has 28 heavy (non-hydrogen) atoms. The summed E-state index contributed by atoms with van der Waals surface area (Å²) in [6.45, 7) is 0.171. The molecule has 1 N–H and O–H groups in total. The Kier molecular flexibility index (Phi) is 8.73. The summed E-state index contributed by atoms with van der Waals surface area (Å²) in [5.41, 5.74) is 0.538. The molecule has 1 amide bonds. The third-order valence-electron chi connectivity index (χ3n) is 3.76. The third kappa shape index (κ3) is 6.43. The summed E-state index contributed by atoms with van der Waals surface area (Å²) in [7, 11) is -2.43. The monoisotopic (exact) mass is 508 g/mol. The molecule has 0 heterocycles. The van der Waals surface area contributed by atoms with E-state index in [1.54, 1.807) is 24.3 Å². The molecule has 0 saturated heterocycles. The van der Waals surface area contributed by atoms with Crippen LogP contribution in [0.5, 0.6) is 0 Å². The number of hydrogen-bond acceptors (Lipinski definition) is 4. The third-order valence-corrected chi connectivity index (χ3v) is 6.68. The first-order valence-corrected chi connectivity index (χ1v) is 11.2. The zero-order valence-electron chi connectivity index (χ0n) is 15.0. The van der Waals surface area contributed by atoms with Gasteiger partial charge in [-0.2, -0.15) is 4.31 Å². The second-order valence-corrected chi connectivity index (χ2v) is 9.50. The first kappa shape index (κ1) is 23.1. The van der Waals surface area contributed by atoms with Crippen LogP contribution in [0.2, 0.25) is 10.0 Å². The predicted octanol–water partition coefficient (Wildman–Crippen LogP) is 3.71. The number of sulfonamides is 1. The van der Waals surface area contributed by atoms with Gasteiger partial charge in [0.05, 0.1) is 18.0 Å². The van der Waals surface area contributed by atoms with Crippen molar-refractivity contribution in [1.82, 2.24) is 9.62 Å². The first-order chi connectivity index (χ1) is 13.2. The minimum Gasteiger partial charge on any atom is -0.383 e. The van der Waals surface area contributed by atoms with E-state index < -0.39 is 15.9 Å². The van der Waals surface area contributed by atoms with Gasteiger partial charge >= 0.3 is 0 Å². The molecule has 2 aromatic rings. The van der Waals surface area contributed by atoms with Crippen LogP contribution in [0, 0.1) is 0 Å². The van der Waals surface area contributed by atoms with Crippen LogP contribution < -0.4 is 5.32 Å². The summed E-state index contributed by atoms with van der Waals surface area (Å²) in [6.07, 6.45) is 0. The minimum absolute atomic E-state index is 0.0745. The van der Waals surface area contributed by atoms with E-state index in [9.17, 15) is 13.2 Å². The van der Waals surface area contributed by atoms with Crippen LogP contribution in [0.25, 0.3) is 0 Å². The number of benzene rings is 2. The van der Waals surface area contributed by atoms with Crippen molar-refractivity contribution >= 4 is 55.1 Å². The van der Waals surface area contributed by atoms with E-state index in [0.717, 1.165) is 8.78 Å². The van der Waals surface area contributed by atoms with E-state index in [1.165, 1.54) is 25.3 Å². The molecule has 0 aliphatic rings. The van der Waals surface area contributed by atoms with E-state index >= 15 is 0 Å². The van der Waals surface area contributed by atoms with Crippen LogP contribution in [0.4, 0.5) is 0 Å². The molecule has 0 radical (unpaired) electrons. The molecular weight excluding hydrogens is 491 g/mol. The largest absolute Gasteiger partial charge is 0.383 e. The van der Waals surface area contributed by atoms with Crippen LogP contribution in [0.15, 0.2) is 51.8 Å². The lowest BCUT2D eigenvalue weighted by Crippen LogP contribution is -2.41.